The lowest BCUT2D eigenvalue weighted by molar-refractivity contribution is 0.108. The van der Waals surface area contributed by atoms with Crippen molar-refractivity contribution in [2.24, 2.45) is 5.92 Å². The maximum atomic E-state index is 11.2. The van der Waals surface area contributed by atoms with Crippen molar-refractivity contribution >= 4 is 9.84 Å². The van der Waals surface area contributed by atoms with Crippen molar-refractivity contribution < 1.29 is 13.5 Å². The molecule has 0 aromatic heterocycles. The van der Waals surface area contributed by atoms with Gasteiger partial charge in [0.15, 0.2) is 9.84 Å². The molecule has 3 nitrogen and oxygen atoms in total. The lowest BCUT2D eigenvalue weighted by atomic mass is 9.97. The highest BCUT2D eigenvalue weighted by Crippen LogP contribution is 2.24. The summed E-state index contributed by atoms with van der Waals surface area (Å²) in [6.07, 6.45) is 7.04. The Morgan fingerprint density at radius 2 is 2.12 bits per heavy atom. The molecule has 94 valence electrons. The Bertz CT molecular complexity index is 308. The van der Waals surface area contributed by atoms with Gasteiger partial charge in [-0.05, 0) is 31.6 Å². The summed E-state index contributed by atoms with van der Waals surface area (Å²) in [5, 5.41) is 9.85. The Kier molecular flexibility index (Phi) is 5.49. The average molecular weight is 246 g/mol. The molecule has 1 fully saturated rings. The SMILES string of the molecule is C=CCCCCCC(O)C1CCS(=O)(=O)C1. The van der Waals surface area contributed by atoms with Gasteiger partial charge in [0.25, 0.3) is 0 Å². The molecule has 1 aliphatic heterocycles. The van der Waals surface area contributed by atoms with Crippen LogP contribution in [0.4, 0.5) is 0 Å². The van der Waals surface area contributed by atoms with E-state index in [4.69, 9.17) is 0 Å². The molecule has 16 heavy (non-hydrogen) atoms. The first-order valence-electron chi connectivity index (χ1n) is 6.04. The standard InChI is InChI=1S/C12H22O3S/c1-2-3-4-5-6-7-12(13)11-8-9-16(14,15)10-11/h2,11-13H,1,3-10H2. The van der Waals surface area contributed by atoms with E-state index >= 15 is 0 Å². The van der Waals surface area contributed by atoms with Crippen LogP contribution in [0.15, 0.2) is 12.7 Å². The normalized spacial score (nSPS) is 25.4. The molecule has 1 N–H and O–H groups in total. The van der Waals surface area contributed by atoms with Gasteiger partial charge in [0.05, 0.1) is 17.6 Å². The summed E-state index contributed by atoms with van der Waals surface area (Å²) in [4.78, 5) is 0. The van der Waals surface area contributed by atoms with Gasteiger partial charge in [-0.2, -0.15) is 0 Å². The van der Waals surface area contributed by atoms with E-state index in [1.54, 1.807) is 0 Å². The van der Waals surface area contributed by atoms with Crippen LogP contribution in [-0.4, -0.2) is 31.1 Å². The molecule has 1 saturated heterocycles. The molecule has 0 aromatic carbocycles. The number of hydrogen-bond acceptors (Lipinski definition) is 3. The lowest BCUT2D eigenvalue weighted by Gasteiger charge is -2.16. The van der Waals surface area contributed by atoms with Crippen molar-refractivity contribution in [2.45, 2.75) is 44.6 Å². The van der Waals surface area contributed by atoms with E-state index in [-0.39, 0.29) is 17.4 Å². The number of allylic oxidation sites excluding steroid dienone is 1. The highest BCUT2D eigenvalue weighted by molar-refractivity contribution is 7.91. The van der Waals surface area contributed by atoms with Crippen LogP contribution in [0.2, 0.25) is 0 Å². The van der Waals surface area contributed by atoms with E-state index in [1.165, 1.54) is 0 Å². The summed E-state index contributed by atoms with van der Waals surface area (Å²) in [6, 6.07) is 0. The predicted molar refractivity (Wildman–Crippen MR) is 66.0 cm³/mol. The fourth-order valence-corrected chi connectivity index (χ4v) is 4.05. The molecule has 0 aliphatic carbocycles. The van der Waals surface area contributed by atoms with Crippen molar-refractivity contribution in [1.82, 2.24) is 0 Å². The van der Waals surface area contributed by atoms with Crippen LogP contribution in [-0.2, 0) is 9.84 Å². The van der Waals surface area contributed by atoms with Crippen molar-refractivity contribution in [3.8, 4) is 0 Å². The second-order valence-electron chi connectivity index (χ2n) is 4.66. The highest BCUT2D eigenvalue weighted by atomic mass is 32.2. The molecular weight excluding hydrogens is 224 g/mol. The quantitative estimate of drug-likeness (QED) is 0.551. The van der Waals surface area contributed by atoms with E-state index in [2.05, 4.69) is 6.58 Å². The van der Waals surface area contributed by atoms with Gasteiger partial charge in [-0.1, -0.05) is 18.9 Å². The van der Waals surface area contributed by atoms with E-state index in [0.717, 1.165) is 32.1 Å². The van der Waals surface area contributed by atoms with Gasteiger partial charge in [0, 0.05) is 0 Å². The summed E-state index contributed by atoms with van der Waals surface area (Å²) in [6.45, 7) is 3.66. The minimum Gasteiger partial charge on any atom is -0.393 e. The third-order valence-corrected chi connectivity index (χ3v) is 5.01. The van der Waals surface area contributed by atoms with Crippen molar-refractivity contribution in [3.63, 3.8) is 0 Å². The molecule has 4 heteroatoms. The molecule has 0 saturated carbocycles. The van der Waals surface area contributed by atoms with Gasteiger partial charge in [0.2, 0.25) is 0 Å². The summed E-state index contributed by atoms with van der Waals surface area (Å²) in [7, 11) is -2.85. The van der Waals surface area contributed by atoms with Crippen LogP contribution >= 0.6 is 0 Å². The number of aliphatic hydroxyl groups is 1. The van der Waals surface area contributed by atoms with Crippen molar-refractivity contribution in [3.05, 3.63) is 12.7 Å². The number of sulfone groups is 1. The predicted octanol–water partition coefficient (Wildman–Crippen LogP) is 1.92. The van der Waals surface area contributed by atoms with Gasteiger partial charge in [-0.15, -0.1) is 6.58 Å². The smallest absolute Gasteiger partial charge is 0.150 e. The summed E-state index contributed by atoms with van der Waals surface area (Å²) >= 11 is 0. The maximum absolute atomic E-state index is 11.2. The average Bonchev–Trinajstić information content (AvgIpc) is 2.58. The number of unbranched alkanes of at least 4 members (excludes halogenated alkanes) is 3. The summed E-state index contributed by atoms with van der Waals surface area (Å²) in [5.41, 5.74) is 0. The molecule has 0 radical (unpaired) electrons. The molecule has 1 aliphatic rings. The first kappa shape index (κ1) is 13.7. The van der Waals surface area contributed by atoms with Crippen LogP contribution in [0.1, 0.15) is 38.5 Å². The van der Waals surface area contributed by atoms with E-state index < -0.39 is 15.9 Å². The molecule has 1 heterocycles. The first-order valence-corrected chi connectivity index (χ1v) is 7.86. The third kappa shape index (κ3) is 4.66. The highest BCUT2D eigenvalue weighted by Gasteiger charge is 2.32. The van der Waals surface area contributed by atoms with Crippen LogP contribution in [0.25, 0.3) is 0 Å². The van der Waals surface area contributed by atoms with Crippen molar-refractivity contribution in [1.29, 1.82) is 0 Å². The van der Waals surface area contributed by atoms with Gasteiger partial charge in [-0.3, -0.25) is 0 Å². The third-order valence-electron chi connectivity index (χ3n) is 3.22. The zero-order chi connectivity index (χ0) is 12.0. The number of hydrogen-bond donors (Lipinski definition) is 1. The first-order chi connectivity index (χ1) is 7.55. The van der Waals surface area contributed by atoms with Crippen LogP contribution in [0.3, 0.4) is 0 Å². The van der Waals surface area contributed by atoms with E-state index in [1.807, 2.05) is 6.08 Å². The lowest BCUT2D eigenvalue weighted by Crippen LogP contribution is -2.21. The Labute approximate surface area is 98.5 Å². The minimum atomic E-state index is -2.85. The van der Waals surface area contributed by atoms with Gasteiger partial charge in [0.1, 0.15) is 0 Å². The van der Waals surface area contributed by atoms with Crippen molar-refractivity contribution in [2.75, 3.05) is 11.5 Å². The molecule has 2 unspecified atom stereocenters. The number of rotatable bonds is 7. The molecule has 0 bridgehead atoms. The van der Waals surface area contributed by atoms with Gasteiger partial charge >= 0.3 is 0 Å². The van der Waals surface area contributed by atoms with Gasteiger partial charge < -0.3 is 5.11 Å². The topological polar surface area (TPSA) is 54.4 Å². The fraction of sp³-hybridized carbons (Fsp3) is 0.833. The van der Waals surface area contributed by atoms with E-state index in [9.17, 15) is 13.5 Å². The second kappa shape index (κ2) is 6.40. The van der Waals surface area contributed by atoms with E-state index in [0.29, 0.717) is 6.42 Å². The Balaban J connectivity index is 2.16. The molecule has 2 atom stereocenters. The van der Waals surface area contributed by atoms with Crippen LogP contribution in [0.5, 0.6) is 0 Å². The Morgan fingerprint density at radius 3 is 2.69 bits per heavy atom. The minimum absolute atomic E-state index is 0.0237. The molecule has 0 aromatic rings. The van der Waals surface area contributed by atoms with Gasteiger partial charge in [-0.25, -0.2) is 8.42 Å². The molecular formula is C12H22O3S. The molecule has 0 amide bonds. The largest absolute Gasteiger partial charge is 0.393 e. The summed E-state index contributed by atoms with van der Waals surface area (Å²) in [5.74, 6) is 0.413. The summed E-state index contributed by atoms with van der Waals surface area (Å²) < 4.78 is 22.5. The Hall–Kier alpha value is -0.350. The second-order valence-corrected chi connectivity index (χ2v) is 6.89. The molecule has 0 spiro atoms. The van der Waals surface area contributed by atoms with Crippen LogP contribution < -0.4 is 0 Å². The Morgan fingerprint density at radius 1 is 1.38 bits per heavy atom. The fourth-order valence-electron chi connectivity index (χ4n) is 2.18. The molecule has 1 rings (SSSR count). The monoisotopic (exact) mass is 246 g/mol. The zero-order valence-corrected chi connectivity index (χ0v) is 10.6. The number of aliphatic hydroxyl groups excluding tert-OH is 1. The zero-order valence-electron chi connectivity index (χ0n) is 9.77. The van der Waals surface area contributed by atoms with Crippen LogP contribution in [0, 0.1) is 5.92 Å². The maximum Gasteiger partial charge on any atom is 0.150 e.